The van der Waals surface area contributed by atoms with Gasteiger partial charge in [0, 0.05) is 24.2 Å². The van der Waals surface area contributed by atoms with E-state index in [4.69, 9.17) is 0 Å². The first-order valence-electron chi connectivity index (χ1n) is 7.96. The number of thiazole rings is 1. The van der Waals surface area contributed by atoms with Crippen molar-refractivity contribution in [3.8, 4) is 0 Å². The Bertz CT molecular complexity index is 1050. The molecule has 1 aromatic carbocycles. The highest BCUT2D eigenvalue weighted by Gasteiger charge is 2.18. The first-order valence-corrected chi connectivity index (χ1v) is 10.7. The van der Waals surface area contributed by atoms with Crippen LogP contribution in [0.1, 0.15) is 26.8 Å². The van der Waals surface area contributed by atoms with Gasteiger partial charge in [-0.15, -0.1) is 0 Å². The second kappa shape index (κ2) is 7.95. The van der Waals surface area contributed by atoms with Crippen LogP contribution in [0.4, 0.5) is 5.13 Å². The Morgan fingerprint density at radius 1 is 1.26 bits per heavy atom. The average molecular weight is 403 g/mol. The number of hydrogen-bond acceptors (Lipinski definition) is 8. The van der Waals surface area contributed by atoms with E-state index in [0.29, 0.717) is 10.0 Å². The van der Waals surface area contributed by atoms with E-state index in [2.05, 4.69) is 15.3 Å². The fourth-order valence-corrected chi connectivity index (χ4v) is 3.92. The predicted molar refractivity (Wildman–Crippen MR) is 103 cm³/mol. The summed E-state index contributed by atoms with van der Waals surface area (Å²) in [6, 6.07) is 9.11. The Labute approximate surface area is 160 Å². The van der Waals surface area contributed by atoms with Crippen LogP contribution in [-0.2, 0) is 9.84 Å². The molecule has 0 aliphatic carbocycles. The summed E-state index contributed by atoms with van der Waals surface area (Å²) in [6.07, 6.45) is 5.81. The number of benzene rings is 1. The molecule has 0 aliphatic rings. The minimum absolute atomic E-state index is 0.0909. The Morgan fingerprint density at radius 2 is 2.07 bits per heavy atom. The van der Waals surface area contributed by atoms with Crippen LogP contribution in [0.5, 0.6) is 0 Å². The number of anilines is 1. The molecular weight excluding hydrogens is 386 g/mol. The number of carbonyl (C=O) groups excluding carboxylic acids is 1. The number of ketones is 1. The van der Waals surface area contributed by atoms with Gasteiger partial charge in [-0.3, -0.25) is 9.78 Å². The molecule has 7 nitrogen and oxygen atoms in total. The summed E-state index contributed by atoms with van der Waals surface area (Å²) < 4.78 is 23.4. The van der Waals surface area contributed by atoms with Gasteiger partial charge in [0.2, 0.25) is 5.78 Å². The molecule has 3 aromatic rings. The summed E-state index contributed by atoms with van der Waals surface area (Å²) in [5.74, 6) is -0.312. The summed E-state index contributed by atoms with van der Waals surface area (Å²) >= 11 is 1.13. The number of pyridine rings is 1. The standard InChI is InChI=1S/C18H17N3O4S2/c1-27(24,25)14-6-2-4-12(8-14)17(23)16-10-20-18(26-16)21-15(11-22)13-5-3-7-19-9-13/h2-10,15,22H,11H2,1H3,(H,20,21). The quantitative estimate of drug-likeness (QED) is 0.583. The van der Waals surface area contributed by atoms with E-state index >= 15 is 0 Å². The third-order valence-corrected chi connectivity index (χ3v) is 5.86. The highest BCUT2D eigenvalue weighted by molar-refractivity contribution is 7.90. The van der Waals surface area contributed by atoms with Crippen molar-refractivity contribution in [2.24, 2.45) is 0 Å². The fraction of sp³-hybridized carbons (Fsp3) is 0.167. The molecular formula is C18H17N3O4S2. The van der Waals surface area contributed by atoms with E-state index < -0.39 is 15.9 Å². The molecule has 0 bridgehead atoms. The topological polar surface area (TPSA) is 109 Å². The van der Waals surface area contributed by atoms with E-state index in [9.17, 15) is 18.3 Å². The number of aliphatic hydroxyl groups is 1. The minimum Gasteiger partial charge on any atom is -0.394 e. The van der Waals surface area contributed by atoms with Crippen molar-refractivity contribution in [1.29, 1.82) is 0 Å². The van der Waals surface area contributed by atoms with E-state index in [0.717, 1.165) is 23.2 Å². The third kappa shape index (κ3) is 4.57. The van der Waals surface area contributed by atoms with Gasteiger partial charge in [-0.1, -0.05) is 29.5 Å². The van der Waals surface area contributed by atoms with Gasteiger partial charge in [0.15, 0.2) is 15.0 Å². The largest absolute Gasteiger partial charge is 0.394 e. The molecule has 0 saturated carbocycles. The lowest BCUT2D eigenvalue weighted by molar-refractivity contribution is 0.104. The molecule has 0 aliphatic heterocycles. The Morgan fingerprint density at radius 3 is 2.74 bits per heavy atom. The molecule has 0 fully saturated rings. The summed E-state index contributed by atoms with van der Waals surface area (Å²) in [5, 5.41) is 13.2. The number of nitrogens with zero attached hydrogens (tertiary/aromatic N) is 2. The zero-order chi connectivity index (χ0) is 19.4. The number of aromatic nitrogens is 2. The van der Waals surface area contributed by atoms with Crippen molar-refractivity contribution in [2.75, 3.05) is 18.2 Å². The van der Waals surface area contributed by atoms with Crippen LogP contribution in [-0.4, -0.2) is 42.1 Å². The molecule has 3 rings (SSSR count). The first kappa shape index (κ1) is 19.2. The van der Waals surface area contributed by atoms with Crippen LogP contribution < -0.4 is 5.32 Å². The van der Waals surface area contributed by atoms with Gasteiger partial charge in [0.1, 0.15) is 0 Å². The molecule has 0 saturated heterocycles. The predicted octanol–water partition coefficient (Wildman–Crippen LogP) is 2.32. The lowest BCUT2D eigenvalue weighted by Gasteiger charge is -2.15. The Hall–Kier alpha value is -2.62. The highest BCUT2D eigenvalue weighted by Crippen LogP contribution is 2.26. The summed E-state index contributed by atoms with van der Waals surface area (Å²) in [6.45, 7) is -0.162. The molecule has 2 heterocycles. The summed E-state index contributed by atoms with van der Waals surface area (Å²) in [7, 11) is -3.40. The van der Waals surface area contributed by atoms with E-state index in [-0.39, 0.29) is 22.8 Å². The smallest absolute Gasteiger partial charge is 0.204 e. The maximum atomic E-state index is 12.7. The minimum atomic E-state index is -3.40. The lowest BCUT2D eigenvalue weighted by Crippen LogP contribution is -2.14. The third-order valence-electron chi connectivity index (χ3n) is 3.82. The molecule has 140 valence electrons. The summed E-state index contributed by atoms with van der Waals surface area (Å²) in [5.41, 5.74) is 1.07. The van der Waals surface area contributed by atoms with Crippen molar-refractivity contribution in [3.63, 3.8) is 0 Å². The van der Waals surface area contributed by atoms with Gasteiger partial charge < -0.3 is 10.4 Å². The van der Waals surface area contributed by atoms with Crippen molar-refractivity contribution in [2.45, 2.75) is 10.9 Å². The lowest BCUT2D eigenvalue weighted by atomic mass is 10.1. The Balaban J connectivity index is 1.80. The van der Waals surface area contributed by atoms with Crippen LogP contribution >= 0.6 is 11.3 Å². The maximum Gasteiger partial charge on any atom is 0.204 e. The number of nitrogens with one attached hydrogen (secondary N) is 1. The number of rotatable bonds is 7. The molecule has 2 N–H and O–H groups in total. The van der Waals surface area contributed by atoms with Crippen LogP contribution in [0.15, 0.2) is 59.9 Å². The van der Waals surface area contributed by atoms with Gasteiger partial charge in [0.05, 0.1) is 28.6 Å². The van der Waals surface area contributed by atoms with Crippen LogP contribution in [0, 0.1) is 0 Å². The van der Waals surface area contributed by atoms with Gasteiger partial charge in [-0.05, 0) is 23.8 Å². The highest BCUT2D eigenvalue weighted by atomic mass is 32.2. The second-order valence-electron chi connectivity index (χ2n) is 5.82. The van der Waals surface area contributed by atoms with Gasteiger partial charge in [-0.25, -0.2) is 13.4 Å². The van der Waals surface area contributed by atoms with E-state index in [1.807, 2.05) is 6.07 Å². The van der Waals surface area contributed by atoms with Gasteiger partial charge >= 0.3 is 0 Å². The van der Waals surface area contributed by atoms with Gasteiger partial charge in [0.25, 0.3) is 0 Å². The molecule has 1 atom stereocenters. The monoisotopic (exact) mass is 403 g/mol. The summed E-state index contributed by atoms with van der Waals surface area (Å²) in [4.78, 5) is 21.3. The normalized spacial score (nSPS) is 12.5. The molecule has 2 aromatic heterocycles. The van der Waals surface area contributed by atoms with Crippen LogP contribution in [0.3, 0.4) is 0 Å². The average Bonchev–Trinajstić information content (AvgIpc) is 3.14. The molecule has 27 heavy (non-hydrogen) atoms. The Kier molecular flexibility index (Phi) is 5.64. The van der Waals surface area contributed by atoms with Crippen molar-refractivity contribution in [1.82, 2.24) is 9.97 Å². The first-order chi connectivity index (χ1) is 12.9. The second-order valence-corrected chi connectivity index (χ2v) is 8.87. The molecule has 9 heteroatoms. The number of carbonyl (C=O) groups is 1. The van der Waals surface area contributed by atoms with Crippen LogP contribution in [0.25, 0.3) is 0 Å². The number of hydrogen-bond donors (Lipinski definition) is 2. The number of aliphatic hydroxyl groups excluding tert-OH is 1. The van der Waals surface area contributed by atoms with Gasteiger partial charge in [-0.2, -0.15) is 0 Å². The molecule has 1 unspecified atom stereocenters. The van der Waals surface area contributed by atoms with Crippen molar-refractivity contribution in [3.05, 3.63) is 71.0 Å². The van der Waals surface area contributed by atoms with Crippen molar-refractivity contribution < 1.29 is 18.3 Å². The van der Waals surface area contributed by atoms with Crippen molar-refractivity contribution >= 4 is 32.1 Å². The maximum absolute atomic E-state index is 12.7. The zero-order valence-electron chi connectivity index (χ0n) is 14.4. The fourth-order valence-electron chi connectivity index (χ4n) is 2.42. The molecule has 0 amide bonds. The van der Waals surface area contributed by atoms with Crippen LogP contribution in [0.2, 0.25) is 0 Å². The van der Waals surface area contributed by atoms with E-state index in [1.54, 1.807) is 24.5 Å². The molecule has 0 radical (unpaired) electrons. The zero-order valence-corrected chi connectivity index (χ0v) is 16.0. The SMILES string of the molecule is CS(=O)(=O)c1cccc(C(=O)c2cnc(NC(CO)c3cccnc3)s2)c1. The molecule has 0 spiro atoms. The van der Waals surface area contributed by atoms with E-state index in [1.165, 1.54) is 24.4 Å². The number of sulfone groups is 1.